The number of carbonyl (C=O) groups is 2. The van der Waals surface area contributed by atoms with E-state index in [9.17, 15) is 14.9 Å². The van der Waals surface area contributed by atoms with Crippen LogP contribution >= 0.6 is 22.7 Å². The third-order valence-electron chi connectivity index (χ3n) is 4.21. The van der Waals surface area contributed by atoms with Crippen LogP contribution in [0.1, 0.15) is 31.9 Å². The lowest BCUT2D eigenvalue weighted by Gasteiger charge is -2.16. The Kier molecular flexibility index (Phi) is 4.94. The largest absolute Gasteiger partial charge is 0.488 e. The van der Waals surface area contributed by atoms with E-state index in [4.69, 9.17) is 9.47 Å². The van der Waals surface area contributed by atoms with E-state index < -0.39 is 24.3 Å². The minimum absolute atomic E-state index is 0.384. The van der Waals surface area contributed by atoms with Gasteiger partial charge in [-0.15, -0.1) is 22.7 Å². The summed E-state index contributed by atoms with van der Waals surface area (Å²) in [7, 11) is 0. The molecule has 0 unspecified atom stereocenters. The fourth-order valence-electron chi connectivity index (χ4n) is 2.86. The Labute approximate surface area is 169 Å². The Balaban J connectivity index is 1.46. The number of aryl methyl sites for hydroxylation is 1. The Hall–Kier alpha value is -3.02. The van der Waals surface area contributed by atoms with Gasteiger partial charge >= 0.3 is 5.97 Å². The first-order valence-electron chi connectivity index (χ1n) is 8.43. The van der Waals surface area contributed by atoms with E-state index in [0.717, 1.165) is 27.4 Å². The molecule has 0 saturated heterocycles. The van der Waals surface area contributed by atoms with Crippen LogP contribution in [0.3, 0.4) is 0 Å². The molecule has 0 radical (unpaired) electrons. The predicted molar refractivity (Wildman–Crippen MR) is 105 cm³/mol. The molecule has 0 bridgehead atoms. The fraction of sp³-hybridized carbons (Fsp3) is 0.200. The van der Waals surface area contributed by atoms with E-state index in [-0.39, 0.29) is 0 Å². The number of thiazole rings is 1. The summed E-state index contributed by atoms with van der Waals surface area (Å²) in [6.45, 7) is 1.71. The summed E-state index contributed by atoms with van der Waals surface area (Å²) in [5.41, 5.74) is 2.60. The average molecular weight is 410 g/mol. The van der Waals surface area contributed by atoms with Crippen molar-refractivity contribution < 1.29 is 19.1 Å². The molecule has 0 spiro atoms. The van der Waals surface area contributed by atoms with Crippen molar-refractivity contribution in [1.82, 2.24) is 4.98 Å². The van der Waals surface area contributed by atoms with Gasteiger partial charge < -0.3 is 9.47 Å². The molecule has 1 atom stereocenters. The normalized spacial score (nSPS) is 12.9. The number of fused-ring (bicyclic) bond motifs is 3. The Morgan fingerprint density at radius 1 is 1.39 bits per heavy atom. The standard InChI is InChI=1S/C20H14N2O4S2/c1-11-10-27-19(22-11)14(7-21)15(23)9-26-20(24)17-6-12-8-25-16-5-3-2-4-13(16)18(12)28-17/h2-6,10,14H,8-9H2,1H3/t14-/m1/s1. The van der Waals surface area contributed by atoms with E-state index in [2.05, 4.69) is 4.98 Å². The molecule has 0 N–H and O–H groups in total. The van der Waals surface area contributed by atoms with Crippen molar-refractivity contribution in [2.75, 3.05) is 6.61 Å². The fourth-order valence-corrected chi connectivity index (χ4v) is 4.81. The first-order chi connectivity index (χ1) is 13.6. The number of nitrogens with zero attached hydrogens (tertiary/aromatic N) is 2. The molecule has 1 aliphatic rings. The van der Waals surface area contributed by atoms with E-state index in [1.165, 1.54) is 22.7 Å². The van der Waals surface area contributed by atoms with Crippen molar-refractivity contribution in [2.45, 2.75) is 19.4 Å². The number of hydrogen-bond acceptors (Lipinski definition) is 8. The minimum atomic E-state index is -1.02. The minimum Gasteiger partial charge on any atom is -0.488 e. The highest BCUT2D eigenvalue weighted by molar-refractivity contribution is 7.17. The maximum absolute atomic E-state index is 12.4. The first-order valence-corrected chi connectivity index (χ1v) is 10.1. The third kappa shape index (κ3) is 3.42. The second kappa shape index (κ2) is 7.54. The van der Waals surface area contributed by atoms with Gasteiger partial charge in [0.25, 0.3) is 0 Å². The predicted octanol–water partition coefficient (Wildman–Crippen LogP) is 4.11. The SMILES string of the molecule is Cc1csc([C@H](C#N)C(=O)COC(=O)c2cc3c(s2)-c2ccccc2OC3)n1. The molecule has 0 fully saturated rings. The maximum atomic E-state index is 12.4. The second-order valence-electron chi connectivity index (χ2n) is 6.18. The molecular weight excluding hydrogens is 396 g/mol. The highest BCUT2D eigenvalue weighted by Gasteiger charge is 2.26. The zero-order valence-corrected chi connectivity index (χ0v) is 16.4. The summed E-state index contributed by atoms with van der Waals surface area (Å²) >= 11 is 2.56. The molecule has 3 heterocycles. The number of ether oxygens (including phenoxy) is 2. The molecule has 1 aromatic carbocycles. The Morgan fingerprint density at radius 2 is 2.21 bits per heavy atom. The van der Waals surface area contributed by atoms with Crippen LogP contribution in [0.4, 0.5) is 0 Å². The monoisotopic (exact) mass is 410 g/mol. The van der Waals surface area contributed by atoms with Gasteiger partial charge in [0.1, 0.15) is 22.2 Å². The van der Waals surface area contributed by atoms with Crippen LogP contribution in [-0.2, 0) is 16.1 Å². The van der Waals surface area contributed by atoms with E-state index >= 15 is 0 Å². The number of aromatic nitrogens is 1. The van der Waals surface area contributed by atoms with Crippen LogP contribution in [0.15, 0.2) is 35.7 Å². The van der Waals surface area contributed by atoms with Crippen LogP contribution < -0.4 is 4.74 Å². The van der Waals surface area contributed by atoms with Gasteiger partial charge in [0, 0.05) is 27.1 Å². The summed E-state index contributed by atoms with van der Waals surface area (Å²) in [6.07, 6.45) is 0. The lowest BCUT2D eigenvalue weighted by Crippen LogP contribution is -2.19. The van der Waals surface area contributed by atoms with Gasteiger partial charge in [-0.1, -0.05) is 12.1 Å². The van der Waals surface area contributed by atoms with Crippen molar-refractivity contribution >= 4 is 34.4 Å². The summed E-state index contributed by atoms with van der Waals surface area (Å²) in [5.74, 6) is -1.32. The highest BCUT2D eigenvalue weighted by Crippen LogP contribution is 2.42. The zero-order valence-electron chi connectivity index (χ0n) is 14.8. The molecule has 1 aliphatic heterocycles. The van der Waals surface area contributed by atoms with Gasteiger partial charge in [0.2, 0.25) is 0 Å². The number of nitriles is 1. The quantitative estimate of drug-likeness (QED) is 0.588. The second-order valence-corrected chi connectivity index (χ2v) is 8.12. The smallest absolute Gasteiger partial charge is 0.348 e. The summed E-state index contributed by atoms with van der Waals surface area (Å²) < 4.78 is 10.9. The number of para-hydroxylation sites is 1. The Bertz CT molecular complexity index is 1110. The first kappa shape index (κ1) is 18.3. The molecule has 3 aromatic rings. The van der Waals surface area contributed by atoms with Crippen LogP contribution in [0, 0.1) is 18.3 Å². The molecule has 140 valence electrons. The van der Waals surface area contributed by atoms with Crippen LogP contribution in [0.5, 0.6) is 5.75 Å². The lowest BCUT2D eigenvalue weighted by atomic mass is 10.1. The van der Waals surface area contributed by atoms with E-state index in [0.29, 0.717) is 16.5 Å². The number of Topliss-reactive ketones (excluding diaryl/α,β-unsaturated/α-hetero) is 1. The number of hydrogen-bond donors (Lipinski definition) is 0. The van der Waals surface area contributed by atoms with Crippen LogP contribution in [0.2, 0.25) is 0 Å². The molecule has 2 aromatic heterocycles. The van der Waals surface area contributed by atoms with E-state index in [1.807, 2.05) is 30.3 Å². The highest BCUT2D eigenvalue weighted by atomic mass is 32.1. The number of carbonyl (C=O) groups excluding carboxylic acids is 2. The third-order valence-corrected chi connectivity index (χ3v) is 6.42. The molecule has 0 aliphatic carbocycles. The van der Waals surface area contributed by atoms with Crippen LogP contribution in [-0.4, -0.2) is 23.3 Å². The van der Waals surface area contributed by atoms with Gasteiger partial charge in [-0.3, -0.25) is 4.79 Å². The summed E-state index contributed by atoms with van der Waals surface area (Å²) in [5, 5.41) is 11.5. The van der Waals surface area contributed by atoms with Gasteiger partial charge in [0.05, 0.1) is 6.07 Å². The molecule has 8 heteroatoms. The molecular formula is C20H14N2O4S2. The molecule has 0 amide bonds. The molecule has 6 nitrogen and oxygen atoms in total. The number of ketones is 1. The van der Waals surface area contributed by atoms with Gasteiger partial charge in [-0.25, -0.2) is 9.78 Å². The maximum Gasteiger partial charge on any atom is 0.348 e. The van der Waals surface area contributed by atoms with Crippen molar-refractivity contribution in [1.29, 1.82) is 5.26 Å². The number of rotatable bonds is 5. The van der Waals surface area contributed by atoms with Gasteiger partial charge in [-0.2, -0.15) is 5.26 Å². The number of esters is 1. The molecule has 28 heavy (non-hydrogen) atoms. The van der Waals surface area contributed by atoms with Gasteiger partial charge in [-0.05, 0) is 25.1 Å². The topological polar surface area (TPSA) is 89.3 Å². The summed E-state index contributed by atoms with van der Waals surface area (Å²) in [4.78, 5) is 30.3. The number of benzene rings is 1. The molecule has 0 saturated carbocycles. The molecule has 4 rings (SSSR count). The van der Waals surface area contributed by atoms with Crippen molar-refractivity contribution in [3.63, 3.8) is 0 Å². The van der Waals surface area contributed by atoms with Crippen LogP contribution in [0.25, 0.3) is 10.4 Å². The average Bonchev–Trinajstić information content (AvgIpc) is 3.33. The van der Waals surface area contributed by atoms with E-state index in [1.54, 1.807) is 18.4 Å². The Morgan fingerprint density at radius 3 is 2.96 bits per heavy atom. The van der Waals surface area contributed by atoms with Crippen molar-refractivity contribution in [2.24, 2.45) is 0 Å². The van der Waals surface area contributed by atoms with Gasteiger partial charge in [0.15, 0.2) is 18.3 Å². The number of thiophene rings is 1. The summed E-state index contributed by atoms with van der Waals surface area (Å²) in [6, 6.07) is 11.3. The lowest BCUT2D eigenvalue weighted by molar-refractivity contribution is -0.122. The van der Waals surface area contributed by atoms with Crippen molar-refractivity contribution in [3.05, 3.63) is 56.9 Å². The van der Waals surface area contributed by atoms with Crippen molar-refractivity contribution in [3.8, 4) is 22.3 Å². The zero-order chi connectivity index (χ0) is 19.7.